The molecule has 0 spiro atoms. The van der Waals surface area contributed by atoms with Gasteiger partial charge in [-0.3, -0.25) is 0 Å². The second kappa shape index (κ2) is 9.18. The molecular formula is C19H14Cl2N4OSW. The SMILES string of the molecule is C=C(Cl)/C(=C(/Cl)[CH]=[W])c1nc(-c2ccccc2)c(-c2ccnc(S(C)=O)n2)[nH]1. The summed E-state index contributed by atoms with van der Waals surface area (Å²) in [7, 11) is -1.31. The Hall–Kier alpha value is -1.72. The number of aromatic nitrogens is 4. The van der Waals surface area contributed by atoms with E-state index in [9.17, 15) is 4.21 Å². The van der Waals surface area contributed by atoms with E-state index in [1.165, 1.54) is 25.6 Å². The molecular weight excluding hydrogens is 587 g/mol. The molecule has 0 saturated heterocycles. The zero-order valence-corrected chi connectivity index (χ0v) is 19.9. The van der Waals surface area contributed by atoms with Gasteiger partial charge in [-0.05, 0) is 0 Å². The topological polar surface area (TPSA) is 71.5 Å². The van der Waals surface area contributed by atoms with Crippen LogP contribution in [-0.2, 0) is 30.2 Å². The fourth-order valence-corrected chi connectivity index (χ4v) is 3.83. The zero-order chi connectivity index (χ0) is 20.3. The predicted molar refractivity (Wildman–Crippen MR) is 111 cm³/mol. The molecule has 1 aromatic carbocycles. The molecule has 0 radical (unpaired) electrons. The zero-order valence-electron chi connectivity index (χ0n) is 14.6. The van der Waals surface area contributed by atoms with E-state index >= 15 is 0 Å². The molecule has 1 unspecified atom stereocenters. The van der Waals surface area contributed by atoms with E-state index in [0.29, 0.717) is 33.5 Å². The van der Waals surface area contributed by atoms with Crippen LogP contribution in [0.3, 0.4) is 0 Å². The van der Waals surface area contributed by atoms with Crippen LogP contribution >= 0.6 is 23.2 Å². The van der Waals surface area contributed by atoms with Crippen LogP contribution in [0, 0.1) is 0 Å². The van der Waals surface area contributed by atoms with Crippen LogP contribution in [0.1, 0.15) is 5.82 Å². The number of hydrogen-bond donors (Lipinski definition) is 1. The Balaban J connectivity index is 2.28. The third-order valence-electron chi connectivity index (χ3n) is 3.75. The Morgan fingerprint density at radius 2 is 1.93 bits per heavy atom. The summed E-state index contributed by atoms with van der Waals surface area (Å²) >= 11 is 13.7. The summed E-state index contributed by atoms with van der Waals surface area (Å²) in [6.07, 6.45) is 3.11. The fourth-order valence-electron chi connectivity index (χ4n) is 2.53. The standard InChI is InChI=1S/C19H14Cl2N4OS.W/c1-11(20)15(12(2)21)18-24-16(13-7-5-4-6-8-13)17(25-18)14-9-10-22-19(23-14)27(3)26;/h1,4-10H,2H2,3H3,(H,24,25);/b15-11-;. The van der Waals surface area contributed by atoms with E-state index in [4.69, 9.17) is 28.2 Å². The van der Waals surface area contributed by atoms with E-state index < -0.39 is 10.8 Å². The van der Waals surface area contributed by atoms with Gasteiger partial charge in [-0.25, -0.2) is 0 Å². The van der Waals surface area contributed by atoms with Gasteiger partial charge in [-0.15, -0.1) is 0 Å². The Bertz CT molecular complexity index is 1110. The molecule has 0 fully saturated rings. The van der Waals surface area contributed by atoms with Gasteiger partial charge < -0.3 is 0 Å². The number of nitrogens with one attached hydrogen (secondary N) is 1. The molecule has 1 N–H and O–H groups in total. The first-order valence-corrected chi connectivity index (χ1v) is 12.0. The van der Waals surface area contributed by atoms with Crippen molar-refractivity contribution in [1.82, 2.24) is 19.9 Å². The minimum absolute atomic E-state index is 0.244. The number of imidazole rings is 1. The van der Waals surface area contributed by atoms with Crippen LogP contribution < -0.4 is 0 Å². The number of aromatic amines is 1. The van der Waals surface area contributed by atoms with Gasteiger partial charge in [0.05, 0.1) is 0 Å². The monoisotopic (exact) mass is 600 g/mol. The Morgan fingerprint density at radius 1 is 1.21 bits per heavy atom. The first-order valence-electron chi connectivity index (χ1n) is 7.94. The third-order valence-corrected chi connectivity index (χ3v) is 6.31. The van der Waals surface area contributed by atoms with Gasteiger partial charge in [-0.2, -0.15) is 0 Å². The second-order valence-corrected chi connectivity index (χ2v) is 8.58. The molecule has 0 saturated carbocycles. The maximum absolute atomic E-state index is 11.8. The number of H-pyrrole nitrogens is 1. The Kier molecular flexibility index (Phi) is 6.89. The van der Waals surface area contributed by atoms with Crippen LogP contribution in [0.2, 0.25) is 0 Å². The average Bonchev–Trinajstić information content (AvgIpc) is 3.13. The quantitative estimate of drug-likeness (QED) is 0.338. The van der Waals surface area contributed by atoms with Gasteiger partial charge in [0.25, 0.3) is 0 Å². The van der Waals surface area contributed by atoms with Crippen molar-refractivity contribution in [3.63, 3.8) is 0 Å². The summed E-state index contributed by atoms with van der Waals surface area (Å²) in [5.74, 6) is 0.481. The van der Waals surface area contributed by atoms with Crippen molar-refractivity contribution in [1.29, 1.82) is 0 Å². The minimum atomic E-state index is -1.31. The number of halogens is 2. The number of nitrogens with zero attached hydrogens (tertiary/aromatic N) is 3. The van der Waals surface area contributed by atoms with Crippen molar-refractivity contribution in [2.75, 3.05) is 6.26 Å². The normalized spacial score (nSPS) is 13.0. The molecule has 0 aliphatic carbocycles. The van der Waals surface area contributed by atoms with E-state index in [-0.39, 0.29) is 10.2 Å². The van der Waals surface area contributed by atoms with Crippen LogP contribution in [0.15, 0.2) is 64.4 Å². The molecule has 0 aliphatic heterocycles. The molecule has 0 bridgehead atoms. The van der Waals surface area contributed by atoms with Gasteiger partial charge in [0.1, 0.15) is 0 Å². The molecule has 5 nitrogen and oxygen atoms in total. The number of benzene rings is 1. The predicted octanol–water partition coefficient (Wildman–Crippen LogP) is 4.32. The van der Waals surface area contributed by atoms with Crippen molar-refractivity contribution in [2.45, 2.75) is 5.16 Å². The first kappa shape index (κ1) is 21.0. The molecule has 9 heteroatoms. The summed E-state index contributed by atoms with van der Waals surface area (Å²) in [6.45, 7) is 3.81. The third kappa shape index (κ3) is 4.47. The molecule has 28 heavy (non-hydrogen) atoms. The van der Waals surface area contributed by atoms with Crippen LogP contribution in [0.4, 0.5) is 0 Å². The first-order chi connectivity index (χ1) is 13.4. The van der Waals surface area contributed by atoms with E-state index in [2.05, 4.69) is 21.5 Å². The van der Waals surface area contributed by atoms with Crippen LogP contribution in [-0.4, -0.2) is 34.8 Å². The van der Waals surface area contributed by atoms with Crippen LogP contribution in [0.5, 0.6) is 0 Å². The van der Waals surface area contributed by atoms with E-state index in [0.717, 1.165) is 5.56 Å². The summed E-state index contributed by atoms with van der Waals surface area (Å²) in [5.41, 5.74) is 3.30. The maximum atomic E-state index is 11.8. The molecule has 142 valence electrons. The van der Waals surface area contributed by atoms with Crippen LogP contribution in [0.25, 0.3) is 28.2 Å². The molecule has 2 heterocycles. The van der Waals surface area contributed by atoms with Crippen molar-refractivity contribution in [3.05, 3.63) is 65.1 Å². The number of hydrogen-bond acceptors (Lipinski definition) is 4. The van der Waals surface area contributed by atoms with Gasteiger partial charge >= 0.3 is 187 Å². The average molecular weight is 601 g/mol. The summed E-state index contributed by atoms with van der Waals surface area (Å²) < 4.78 is 13.6. The van der Waals surface area contributed by atoms with Gasteiger partial charge in [0.2, 0.25) is 0 Å². The summed E-state index contributed by atoms with van der Waals surface area (Å²) in [4.78, 5) is 16.5. The Morgan fingerprint density at radius 3 is 2.54 bits per heavy atom. The van der Waals surface area contributed by atoms with Crippen molar-refractivity contribution < 1.29 is 23.6 Å². The van der Waals surface area contributed by atoms with Gasteiger partial charge in [0, 0.05) is 0 Å². The number of allylic oxidation sites excluding steroid dienone is 3. The second-order valence-electron chi connectivity index (χ2n) is 5.60. The van der Waals surface area contributed by atoms with Gasteiger partial charge in [0.15, 0.2) is 0 Å². The molecule has 3 rings (SSSR count). The van der Waals surface area contributed by atoms with E-state index in [1.807, 2.05) is 30.3 Å². The fraction of sp³-hybridized carbons (Fsp3) is 0.0526. The van der Waals surface area contributed by atoms with Crippen molar-refractivity contribution in [3.8, 4) is 22.6 Å². The van der Waals surface area contributed by atoms with E-state index in [1.54, 1.807) is 16.7 Å². The molecule has 2 aromatic heterocycles. The van der Waals surface area contributed by atoms with Crippen molar-refractivity contribution >= 4 is 44.0 Å². The van der Waals surface area contributed by atoms with Crippen molar-refractivity contribution in [2.24, 2.45) is 0 Å². The summed E-state index contributed by atoms with van der Waals surface area (Å²) in [6, 6.07) is 11.4. The molecule has 3 aromatic rings. The van der Waals surface area contributed by atoms with Gasteiger partial charge in [-0.1, -0.05) is 0 Å². The Labute approximate surface area is 185 Å². The molecule has 0 amide bonds. The molecule has 1 atom stereocenters. The number of rotatable bonds is 6. The molecule has 0 aliphatic rings. The summed E-state index contributed by atoms with van der Waals surface area (Å²) in [5, 5.41) is 0.988.